The quantitative estimate of drug-likeness (QED) is 0.770. The average molecular weight is 261 g/mol. The molecule has 0 aliphatic carbocycles. The van der Waals surface area contributed by atoms with Crippen LogP contribution in [-0.2, 0) is 6.42 Å². The van der Waals surface area contributed by atoms with Gasteiger partial charge in [0, 0.05) is 24.2 Å². The fourth-order valence-corrected chi connectivity index (χ4v) is 2.18. The zero-order valence-corrected chi connectivity index (χ0v) is 11.0. The SMILES string of the molecule is C[C@@H](N)Cc1cn(C(=O)NCCO)c2ccccc12. The van der Waals surface area contributed by atoms with Gasteiger partial charge in [-0.2, -0.15) is 0 Å². The zero-order chi connectivity index (χ0) is 13.8. The summed E-state index contributed by atoms with van der Waals surface area (Å²) < 4.78 is 1.57. The molecule has 19 heavy (non-hydrogen) atoms. The number of nitrogens with zero attached hydrogens (tertiary/aromatic N) is 1. The normalized spacial score (nSPS) is 12.6. The van der Waals surface area contributed by atoms with Crippen LogP contribution >= 0.6 is 0 Å². The third-order valence-corrected chi connectivity index (χ3v) is 2.94. The van der Waals surface area contributed by atoms with Crippen LogP contribution < -0.4 is 11.1 Å². The van der Waals surface area contributed by atoms with E-state index in [2.05, 4.69) is 5.32 Å². The molecule has 0 spiro atoms. The highest BCUT2D eigenvalue weighted by Gasteiger charge is 2.13. The molecule has 0 radical (unpaired) electrons. The second kappa shape index (κ2) is 5.86. The smallest absolute Gasteiger partial charge is 0.326 e. The van der Waals surface area contributed by atoms with Gasteiger partial charge in [-0.3, -0.25) is 4.57 Å². The number of rotatable bonds is 4. The topological polar surface area (TPSA) is 80.3 Å². The monoisotopic (exact) mass is 261 g/mol. The van der Waals surface area contributed by atoms with Crippen molar-refractivity contribution < 1.29 is 9.90 Å². The van der Waals surface area contributed by atoms with Gasteiger partial charge >= 0.3 is 6.03 Å². The molecular weight excluding hydrogens is 242 g/mol. The number of aromatic nitrogens is 1. The summed E-state index contributed by atoms with van der Waals surface area (Å²) in [6, 6.07) is 7.54. The van der Waals surface area contributed by atoms with E-state index in [-0.39, 0.29) is 25.2 Å². The van der Waals surface area contributed by atoms with Crippen LogP contribution in [0.5, 0.6) is 0 Å². The van der Waals surface area contributed by atoms with E-state index in [0.29, 0.717) is 0 Å². The van der Waals surface area contributed by atoms with Crippen molar-refractivity contribution in [2.75, 3.05) is 13.2 Å². The summed E-state index contributed by atoms with van der Waals surface area (Å²) >= 11 is 0. The van der Waals surface area contributed by atoms with Gasteiger partial charge in [0.15, 0.2) is 0 Å². The highest BCUT2D eigenvalue weighted by Crippen LogP contribution is 2.22. The standard InChI is InChI=1S/C14H19N3O2/c1-10(15)8-11-9-17(14(19)16-6-7-18)13-5-3-2-4-12(11)13/h2-5,9-10,18H,6-8,15H2,1H3,(H,16,19)/t10-/m1/s1. The fourth-order valence-electron chi connectivity index (χ4n) is 2.18. The van der Waals surface area contributed by atoms with Gasteiger partial charge in [0.25, 0.3) is 0 Å². The second-order valence-electron chi connectivity index (χ2n) is 4.68. The largest absolute Gasteiger partial charge is 0.395 e. The molecule has 2 aromatic rings. The molecule has 0 fully saturated rings. The number of benzene rings is 1. The summed E-state index contributed by atoms with van der Waals surface area (Å²) in [5.41, 5.74) is 7.75. The van der Waals surface area contributed by atoms with Crippen molar-refractivity contribution in [3.8, 4) is 0 Å². The maximum absolute atomic E-state index is 12.0. The Kier molecular flexibility index (Phi) is 4.19. The number of aliphatic hydroxyl groups excluding tert-OH is 1. The van der Waals surface area contributed by atoms with E-state index in [0.717, 1.165) is 22.9 Å². The number of hydrogen-bond donors (Lipinski definition) is 3. The van der Waals surface area contributed by atoms with Gasteiger partial charge in [-0.15, -0.1) is 0 Å². The van der Waals surface area contributed by atoms with Crippen molar-refractivity contribution in [3.63, 3.8) is 0 Å². The van der Waals surface area contributed by atoms with Crippen molar-refractivity contribution in [1.82, 2.24) is 9.88 Å². The maximum Gasteiger partial charge on any atom is 0.326 e. The van der Waals surface area contributed by atoms with Crippen molar-refractivity contribution in [1.29, 1.82) is 0 Å². The summed E-state index contributed by atoms with van der Waals surface area (Å²) in [6.07, 6.45) is 2.54. The zero-order valence-electron chi connectivity index (χ0n) is 11.0. The molecule has 5 heteroatoms. The van der Waals surface area contributed by atoms with Gasteiger partial charge < -0.3 is 16.2 Å². The van der Waals surface area contributed by atoms with E-state index in [1.165, 1.54) is 0 Å². The van der Waals surface area contributed by atoms with Crippen LogP contribution in [0.2, 0.25) is 0 Å². The van der Waals surface area contributed by atoms with Gasteiger partial charge in [-0.25, -0.2) is 4.79 Å². The first kappa shape index (κ1) is 13.6. The molecule has 1 aromatic carbocycles. The number of fused-ring (bicyclic) bond motifs is 1. The lowest BCUT2D eigenvalue weighted by molar-refractivity contribution is 0.236. The van der Waals surface area contributed by atoms with Crippen molar-refractivity contribution in [2.24, 2.45) is 5.73 Å². The Labute approximate surface area is 112 Å². The average Bonchev–Trinajstić information content (AvgIpc) is 2.75. The first-order valence-electron chi connectivity index (χ1n) is 6.37. The first-order chi connectivity index (χ1) is 9.13. The number of para-hydroxylation sites is 1. The molecule has 0 bridgehead atoms. The number of hydrogen-bond acceptors (Lipinski definition) is 3. The van der Waals surface area contributed by atoms with Gasteiger partial charge in [-0.1, -0.05) is 18.2 Å². The number of aliphatic hydroxyl groups is 1. The van der Waals surface area contributed by atoms with E-state index in [9.17, 15) is 4.79 Å². The van der Waals surface area contributed by atoms with Crippen LogP contribution in [0, 0.1) is 0 Å². The van der Waals surface area contributed by atoms with Crippen LogP contribution in [0.25, 0.3) is 10.9 Å². The van der Waals surface area contributed by atoms with Crippen LogP contribution in [0.1, 0.15) is 12.5 Å². The molecule has 2 rings (SSSR count). The predicted molar refractivity (Wildman–Crippen MR) is 75.2 cm³/mol. The molecule has 1 aromatic heterocycles. The lowest BCUT2D eigenvalue weighted by atomic mass is 10.1. The predicted octanol–water partition coefficient (Wildman–Crippen LogP) is 1.08. The Bertz CT molecular complexity index is 575. The minimum Gasteiger partial charge on any atom is -0.395 e. The van der Waals surface area contributed by atoms with Crippen LogP contribution in [0.3, 0.4) is 0 Å². The summed E-state index contributed by atoms with van der Waals surface area (Å²) in [7, 11) is 0. The molecule has 0 unspecified atom stereocenters. The second-order valence-corrected chi connectivity index (χ2v) is 4.68. The molecular formula is C14H19N3O2. The molecule has 1 amide bonds. The van der Waals surface area contributed by atoms with E-state index < -0.39 is 0 Å². The molecule has 4 N–H and O–H groups in total. The van der Waals surface area contributed by atoms with Crippen LogP contribution in [0.4, 0.5) is 4.79 Å². The Morgan fingerprint density at radius 1 is 1.47 bits per heavy atom. The lowest BCUT2D eigenvalue weighted by Crippen LogP contribution is -2.30. The van der Waals surface area contributed by atoms with Crippen molar-refractivity contribution in [3.05, 3.63) is 36.0 Å². The molecule has 0 saturated heterocycles. The van der Waals surface area contributed by atoms with Gasteiger partial charge in [0.05, 0.1) is 12.1 Å². The van der Waals surface area contributed by atoms with Crippen LogP contribution in [-0.4, -0.2) is 34.9 Å². The first-order valence-corrected chi connectivity index (χ1v) is 6.37. The molecule has 0 saturated carbocycles. The van der Waals surface area contributed by atoms with Crippen molar-refractivity contribution >= 4 is 16.9 Å². The molecule has 5 nitrogen and oxygen atoms in total. The highest BCUT2D eigenvalue weighted by molar-refractivity contribution is 5.93. The molecule has 1 atom stereocenters. The van der Waals surface area contributed by atoms with Crippen LogP contribution in [0.15, 0.2) is 30.5 Å². The van der Waals surface area contributed by atoms with E-state index >= 15 is 0 Å². The Hall–Kier alpha value is -1.85. The maximum atomic E-state index is 12.0. The number of amides is 1. The van der Waals surface area contributed by atoms with Gasteiger partial charge in [-0.05, 0) is 25.0 Å². The minimum absolute atomic E-state index is 0.0414. The Balaban J connectivity index is 2.41. The Morgan fingerprint density at radius 3 is 2.89 bits per heavy atom. The number of carbonyl (C=O) groups excluding carboxylic acids is 1. The molecule has 1 heterocycles. The lowest BCUT2D eigenvalue weighted by Gasteiger charge is -2.05. The molecule has 0 aliphatic rings. The summed E-state index contributed by atoms with van der Waals surface area (Å²) in [5, 5.41) is 12.4. The summed E-state index contributed by atoms with van der Waals surface area (Å²) in [4.78, 5) is 12.0. The number of nitrogens with two attached hydrogens (primary N) is 1. The number of nitrogens with one attached hydrogen (secondary N) is 1. The van der Waals surface area contributed by atoms with Gasteiger partial charge in [0.1, 0.15) is 0 Å². The molecule has 0 aliphatic heterocycles. The molecule has 102 valence electrons. The summed E-state index contributed by atoms with van der Waals surface area (Å²) in [6.45, 7) is 2.11. The van der Waals surface area contributed by atoms with E-state index in [4.69, 9.17) is 10.8 Å². The van der Waals surface area contributed by atoms with Gasteiger partial charge in [0.2, 0.25) is 0 Å². The summed E-state index contributed by atoms with van der Waals surface area (Å²) in [5.74, 6) is 0. The fraction of sp³-hybridized carbons (Fsp3) is 0.357. The third-order valence-electron chi connectivity index (χ3n) is 2.94. The van der Waals surface area contributed by atoms with E-state index in [1.54, 1.807) is 4.57 Å². The number of carbonyl (C=O) groups is 1. The minimum atomic E-state index is -0.235. The van der Waals surface area contributed by atoms with E-state index in [1.807, 2.05) is 37.4 Å². The van der Waals surface area contributed by atoms with Crippen molar-refractivity contribution in [2.45, 2.75) is 19.4 Å². The Morgan fingerprint density at radius 2 is 2.21 bits per heavy atom. The highest BCUT2D eigenvalue weighted by atomic mass is 16.3. The third kappa shape index (κ3) is 2.94.